The molecule has 1 amide bonds. The molecule has 1 aliphatic rings. The van der Waals surface area contributed by atoms with Gasteiger partial charge in [0.15, 0.2) is 10.3 Å². The number of aromatic nitrogens is 1. The normalized spacial score (nSPS) is 16.1. The summed E-state index contributed by atoms with van der Waals surface area (Å²) in [5.74, 6) is -0.00357. The van der Waals surface area contributed by atoms with Crippen LogP contribution in [0, 0.1) is 0 Å². The summed E-state index contributed by atoms with van der Waals surface area (Å²) in [7, 11) is 0. The SMILES string of the molecule is CCCCCC1SC(Nc2ccc(CCNc3nc4ccccc4s3)cc2)=NC1=O. The lowest BCUT2D eigenvalue weighted by molar-refractivity contribution is -0.117. The highest BCUT2D eigenvalue weighted by Gasteiger charge is 2.27. The standard InChI is InChI=1S/C23H26N4OS2/c1-2-3-4-9-20-21(28)27-23(30-20)25-17-12-10-16(11-13-17)14-15-24-22-26-18-7-5-6-8-19(18)29-22/h5-8,10-13,20H,2-4,9,14-15H2,1H3,(H,24,26)(H,25,27,28). The summed E-state index contributed by atoms with van der Waals surface area (Å²) in [6, 6.07) is 16.5. The number of anilines is 2. The highest BCUT2D eigenvalue weighted by Crippen LogP contribution is 2.28. The Hall–Kier alpha value is -2.38. The number of nitrogens with zero attached hydrogens (tertiary/aromatic N) is 2. The van der Waals surface area contributed by atoms with E-state index in [0.29, 0.717) is 5.17 Å². The zero-order valence-electron chi connectivity index (χ0n) is 17.1. The summed E-state index contributed by atoms with van der Waals surface area (Å²) >= 11 is 3.24. The second kappa shape index (κ2) is 10.1. The van der Waals surface area contributed by atoms with Crippen LogP contribution < -0.4 is 10.6 Å². The predicted molar refractivity (Wildman–Crippen MR) is 130 cm³/mol. The number of hydrogen-bond acceptors (Lipinski definition) is 6. The fourth-order valence-electron chi connectivity index (χ4n) is 3.34. The molecular formula is C23H26N4OS2. The topological polar surface area (TPSA) is 66.4 Å². The lowest BCUT2D eigenvalue weighted by atomic mass is 10.1. The molecule has 2 heterocycles. The predicted octanol–water partition coefficient (Wildman–Crippen LogP) is 5.94. The maximum atomic E-state index is 12.1. The van der Waals surface area contributed by atoms with Crippen LogP contribution >= 0.6 is 23.1 Å². The molecule has 2 N–H and O–H groups in total. The third-order valence-corrected chi connectivity index (χ3v) is 7.13. The van der Waals surface area contributed by atoms with Gasteiger partial charge >= 0.3 is 0 Å². The van der Waals surface area contributed by atoms with E-state index in [0.717, 1.165) is 42.1 Å². The van der Waals surface area contributed by atoms with E-state index in [4.69, 9.17) is 0 Å². The average Bonchev–Trinajstić information content (AvgIpc) is 3.32. The molecule has 0 radical (unpaired) electrons. The minimum absolute atomic E-state index is 0.00357. The largest absolute Gasteiger partial charge is 0.361 e. The van der Waals surface area contributed by atoms with Crippen molar-refractivity contribution in [3.8, 4) is 0 Å². The van der Waals surface area contributed by atoms with Crippen molar-refractivity contribution in [2.45, 2.75) is 44.3 Å². The smallest absolute Gasteiger partial charge is 0.261 e. The van der Waals surface area contributed by atoms with Crippen LogP contribution in [0.2, 0.25) is 0 Å². The zero-order chi connectivity index (χ0) is 20.8. The number of rotatable bonds is 9. The molecule has 7 heteroatoms. The van der Waals surface area contributed by atoms with Gasteiger partial charge in [-0.3, -0.25) is 4.79 Å². The second-order valence-electron chi connectivity index (χ2n) is 7.34. The second-order valence-corrected chi connectivity index (χ2v) is 9.56. The maximum absolute atomic E-state index is 12.1. The molecule has 5 nitrogen and oxygen atoms in total. The number of aliphatic imine (C=N–C) groups is 1. The molecule has 3 aromatic rings. The van der Waals surface area contributed by atoms with E-state index in [9.17, 15) is 4.79 Å². The van der Waals surface area contributed by atoms with E-state index >= 15 is 0 Å². The van der Waals surface area contributed by atoms with Crippen LogP contribution in [0.15, 0.2) is 53.5 Å². The first-order chi connectivity index (χ1) is 14.7. The van der Waals surface area contributed by atoms with Crippen LogP contribution in [-0.4, -0.2) is 27.9 Å². The van der Waals surface area contributed by atoms with Gasteiger partial charge < -0.3 is 10.6 Å². The minimum atomic E-state index is -0.0214. The summed E-state index contributed by atoms with van der Waals surface area (Å²) in [5, 5.41) is 8.36. The molecule has 0 saturated carbocycles. The van der Waals surface area contributed by atoms with Gasteiger partial charge in [0.25, 0.3) is 5.91 Å². The molecule has 0 bridgehead atoms. The van der Waals surface area contributed by atoms with Crippen molar-refractivity contribution in [1.29, 1.82) is 0 Å². The molecule has 156 valence electrons. The Kier molecular flexibility index (Phi) is 7.02. The number of thioether (sulfide) groups is 1. The van der Waals surface area contributed by atoms with Gasteiger partial charge in [-0.25, -0.2) is 4.98 Å². The van der Waals surface area contributed by atoms with Crippen molar-refractivity contribution in [2.75, 3.05) is 17.2 Å². The monoisotopic (exact) mass is 438 g/mol. The quantitative estimate of drug-likeness (QED) is 0.405. The van der Waals surface area contributed by atoms with Crippen LogP contribution in [-0.2, 0) is 11.2 Å². The van der Waals surface area contributed by atoms with Crippen LogP contribution in [0.4, 0.5) is 10.8 Å². The van der Waals surface area contributed by atoms with Crippen molar-refractivity contribution in [1.82, 2.24) is 4.98 Å². The number of amidine groups is 1. The van der Waals surface area contributed by atoms with Crippen LogP contribution in [0.3, 0.4) is 0 Å². The van der Waals surface area contributed by atoms with Gasteiger partial charge in [0, 0.05) is 12.2 Å². The molecule has 4 rings (SSSR count). The lowest BCUT2D eigenvalue weighted by Crippen LogP contribution is -2.10. The Morgan fingerprint density at radius 2 is 1.90 bits per heavy atom. The van der Waals surface area contributed by atoms with E-state index in [1.54, 1.807) is 23.1 Å². The van der Waals surface area contributed by atoms with Crippen molar-refractivity contribution in [2.24, 2.45) is 4.99 Å². The summed E-state index contributed by atoms with van der Waals surface area (Å²) in [6.07, 6.45) is 5.25. The van der Waals surface area contributed by atoms with E-state index in [2.05, 4.69) is 45.7 Å². The molecule has 1 aromatic heterocycles. The number of carbonyl (C=O) groups excluding carboxylic acids is 1. The fraction of sp³-hybridized carbons (Fsp3) is 0.348. The van der Waals surface area contributed by atoms with Gasteiger partial charge in [-0.1, -0.05) is 73.6 Å². The molecule has 1 atom stereocenters. The maximum Gasteiger partial charge on any atom is 0.261 e. The third kappa shape index (κ3) is 5.40. The molecular weight excluding hydrogens is 412 g/mol. The highest BCUT2D eigenvalue weighted by molar-refractivity contribution is 8.15. The number of para-hydroxylation sites is 1. The van der Waals surface area contributed by atoms with Crippen LogP contribution in [0.25, 0.3) is 10.2 Å². The lowest BCUT2D eigenvalue weighted by Gasteiger charge is -2.09. The summed E-state index contributed by atoms with van der Waals surface area (Å²) < 4.78 is 1.20. The van der Waals surface area contributed by atoms with Gasteiger partial charge in [0.05, 0.1) is 15.5 Å². The van der Waals surface area contributed by atoms with Gasteiger partial charge in [-0.2, -0.15) is 4.99 Å². The van der Waals surface area contributed by atoms with E-state index < -0.39 is 0 Å². The minimum Gasteiger partial charge on any atom is -0.361 e. The number of carbonyl (C=O) groups is 1. The highest BCUT2D eigenvalue weighted by atomic mass is 32.2. The molecule has 1 unspecified atom stereocenters. The number of nitrogens with one attached hydrogen (secondary N) is 2. The first-order valence-corrected chi connectivity index (χ1v) is 12.2. The Morgan fingerprint density at radius 3 is 2.70 bits per heavy atom. The molecule has 0 saturated heterocycles. The van der Waals surface area contributed by atoms with Crippen molar-refractivity contribution >= 4 is 55.2 Å². The Labute approximate surface area is 185 Å². The number of benzene rings is 2. The van der Waals surface area contributed by atoms with E-state index in [1.165, 1.54) is 23.1 Å². The van der Waals surface area contributed by atoms with E-state index in [1.807, 2.05) is 30.3 Å². The number of amides is 1. The Morgan fingerprint density at radius 1 is 1.07 bits per heavy atom. The third-order valence-electron chi connectivity index (χ3n) is 5.00. The van der Waals surface area contributed by atoms with Gasteiger partial charge in [0.1, 0.15) is 0 Å². The first kappa shape index (κ1) is 20.9. The van der Waals surface area contributed by atoms with Crippen molar-refractivity contribution in [3.05, 3.63) is 54.1 Å². The van der Waals surface area contributed by atoms with Crippen molar-refractivity contribution < 1.29 is 4.79 Å². The van der Waals surface area contributed by atoms with Crippen molar-refractivity contribution in [3.63, 3.8) is 0 Å². The van der Waals surface area contributed by atoms with Gasteiger partial charge in [0.2, 0.25) is 0 Å². The first-order valence-electron chi connectivity index (χ1n) is 10.5. The Bertz CT molecular complexity index is 996. The average molecular weight is 439 g/mol. The molecule has 0 aliphatic carbocycles. The van der Waals surface area contributed by atoms with Gasteiger partial charge in [-0.05, 0) is 42.7 Å². The fourth-order valence-corrected chi connectivity index (χ4v) is 5.26. The molecule has 0 spiro atoms. The zero-order valence-corrected chi connectivity index (χ0v) is 18.7. The number of unbranched alkanes of at least 4 members (excludes halogenated alkanes) is 2. The number of hydrogen-bond donors (Lipinski definition) is 2. The molecule has 0 fully saturated rings. The number of fused-ring (bicyclic) bond motifs is 1. The summed E-state index contributed by atoms with van der Waals surface area (Å²) in [5.41, 5.74) is 3.26. The number of thiazole rings is 1. The summed E-state index contributed by atoms with van der Waals surface area (Å²) in [6.45, 7) is 3.01. The summed E-state index contributed by atoms with van der Waals surface area (Å²) in [4.78, 5) is 20.8. The molecule has 1 aliphatic heterocycles. The van der Waals surface area contributed by atoms with Crippen LogP contribution in [0.1, 0.15) is 38.2 Å². The van der Waals surface area contributed by atoms with Gasteiger partial charge in [-0.15, -0.1) is 0 Å². The van der Waals surface area contributed by atoms with E-state index in [-0.39, 0.29) is 11.2 Å². The Balaban J connectivity index is 1.24. The molecule has 2 aromatic carbocycles. The van der Waals surface area contributed by atoms with Crippen LogP contribution in [0.5, 0.6) is 0 Å². The molecule has 30 heavy (non-hydrogen) atoms.